The van der Waals surface area contributed by atoms with Gasteiger partial charge in [0.1, 0.15) is 5.82 Å². The predicted octanol–water partition coefficient (Wildman–Crippen LogP) is 2.74. The fourth-order valence-electron chi connectivity index (χ4n) is 2.37. The van der Waals surface area contributed by atoms with Crippen molar-refractivity contribution in [2.75, 3.05) is 5.32 Å². The van der Waals surface area contributed by atoms with Gasteiger partial charge in [-0.1, -0.05) is 12.2 Å². The molecule has 5 heteroatoms. The Morgan fingerprint density at radius 2 is 1.90 bits per heavy atom. The van der Waals surface area contributed by atoms with E-state index >= 15 is 0 Å². The lowest BCUT2D eigenvalue weighted by Gasteiger charge is -2.24. The fraction of sp³-hybridized carbons (Fsp3) is 0.333. The number of carboxylic acids is 1. The van der Waals surface area contributed by atoms with Crippen molar-refractivity contribution in [2.24, 2.45) is 11.8 Å². The molecule has 0 aromatic heterocycles. The van der Waals surface area contributed by atoms with E-state index in [4.69, 9.17) is 5.11 Å². The van der Waals surface area contributed by atoms with Gasteiger partial charge in [0.25, 0.3) is 0 Å². The highest BCUT2D eigenvalue weighted by Gasteiger charge is 2.34. The van der Waals surface area contributed by atoms with Crippen LogP contribution >= 0.6 is 0 Å². The average Bonchev–Trinajstić information content (AvgIpc) is 2.41. The number of allylic oxidation sites excluding steroid dienone is 2. The van der Waals surface area contributed by atoms with Crippen molar-refractivity contribution in [1.82, 2.24) is 0 Å². The topological polar surface area (TPSA) is 66.4 Å². The Bertz CT molecular complexity index is 568. The van der Waals surface area contributed by atoms with Gasteiger partial charge in [-0.25, -0.2) is 4.39 Å². The third-order valence-corrected chi connectivity index (χ3v) is 3.53. The van der Waals surface area contributed by atoms with Gasteiger partial charge in [0.15, 0.2) is 0 Å². The van der Waals surface area contributed by atoms with Crippen LogP contribution in [0, 0.1) is 24.6 Å². The minimum atomic E-state index is -0.967. The number of rotatable bonds is 3. The van der Waals surface area contributed by atoms with Gasteiger partial charge in [0.2, 0.25) is 5.91 Å². The van der Waals surface area contributed by atoms with Gasteiger partial charge in [-0.3, -0.25) is 9.59 Å². The third kappa shape index (κ3) is 3.04. The Kier molecular flexibility index (Phi) is 4.17. The molecule has 0 saturated heterocycles. The lowest BCUT2D eigenvalue weighted by atomic mass is 9.82. The molecule has 0 heterocycles. The van der Waals surface area contributed by atoms with Crippen LogP contribution in [-0.2, 0) is 9.59 Å². The molecule has 0 bridgehead atoms. The van der Waals surface area contributed by atoms with Gasteiger partial charge in [0, 0.05) is 5.69 Å². The summed E-state index contributed by atoms with van der Waals surface area (Å²) in [5, 5.41) is 11.8. The van der Waals surface area contributed by atoms with Gasteiger partial charge in [-0.05, 0) is 43.5 Å². The first kappa shape index (κ1) is 14.2. The zero-order valence-electron chi connectivity index (χ0n) is 11.1. The molecule has 0 radical (unpaired) electrons. The number of aryl methyl sites for hydroxylation is 1. The molecule has 2 atom stereocenters. The third-order valence-electron chi connectivity index (χ3n) is 3.53. The number of carbonyl (C=O) groups is 2. The first-order valence-corrected chi connectivity index (χ1v) is 6.44. The number of carboxylic acid groups (broad SMARTS) is 1. The van der Waals surface area contributed by atoms with Crippen molar-refractivity contribution in [3.05, 3.63) is 41.7 Å². The largest absolute Gasteiger partial charge is 0.481 e. The zero-order chi connectivity index (χ0) is 14.7. The van der Waals surface area contributed by atoms with Crippen LogP contribution < -0.4 is 5.32 Å². The maximum absolute atomic E-state index is 13.0. The highest BCUT2D eigenvalue weighted by Crippen LogP contribution is 2.27. The second-order valence-corrected chi connectivity index (χ2v) is 4.94. The number of nitrogens with one attached hydrogen (secondary N) is 1. The highest BCUT2D eigenvalue weighted by atomic mass is 19.1. The predicted molar refractivity (Wildman–Crippen MR) is 72.8 cm³/mol. The van der Waals surface area contributed by atoms with Gasteiger partial charge in [-0.15, -0.1) is 0 Å². The maximum atomic E-state index is 13.0. The average molecular weight is 277 g/mol. The number of hydrogen-bond donors (Lipinski definition) is 2. The van der Waals surface area contributed by atoms with Crippen LogP contribution in [0.15, 0.2) is 30.4 Å². The Hall–Kier alpha value is -2.17. The molecule has 1 aromatic carbocycles. The van der Waals surface area contributed by atoms with E-state index in [0.29, 0.717) is 24.1 Å². The summed E-state index contributed by atoms with van der Waals surface area (Å²) >= 11 is 0. The molecular weight excluding hydrogens is 261 g/mol. The van der Waals surface area contributed by atoms with Crippen molar-refractivity contribution in [3.63, 3.8) is 0 Å². The van der Waals surface area contributed by atoms with Crippen LogP contribution in [0.1, 0.15) is 18.4 Å². The minimum absolute atomic E-state index is 0.337. The Morgan fingerprint density at radius 1 is 1.25 bits per heavy atom. The number of hydrogen-bond acceptors (Lipinski definition) is 2. The van der Waals surface area contributed by atoms with E-state index in [0.717, 1.165) is 0 Å². The molecule has 20 heavy (non-hydrogen) atoms. The number of benzene rings is 1. The van der Waals surface area contributed by atoms with Gasteiger partial charge in [-0.2, -0.15) is 0 Å². The quantitative estimate of drug-likeness (QED) is 0.835. The summed E-state index contributed by atoms with van der Waals surface area (Å²) in [6, 6.07) is 4.07. The Morgan fingerprint density at radius 3 is 2.50 bits per heavy atom. The number of carbonyl (C=O) groups excluding carboxylic acids is 1. The SMILES string of the molecule is Cc1cc(F)ccc1NC(=O)[C@H]1CC=CC[C@H]1C(=O)O. The second kappa shape index (κ2) is 5.86. The normalized spacial score (nSPS) is 21.5. The van der Waals surface area contributed by atoms with E-state index in [-0.39, 0.29) is 11.7 Å². The van der Waals surface area contributed by atoms with Gasteiger partial charge in [0.05, 0.1) is 11.8 Å². The monoisotopic (exact) mass is 277 g/mol. The van der Waals surface area contributed by atoms with Gasteiger partial charge >= 0.3 is 5.97 Å². The molecule has 1 aliphatic carbocycles. The van der Waals surface area contributed by atoms with Crippen molar-refractivity contribution in [2.45, 2.75) is 19.8 Å². The summed E-state index contributed by atoms with van der Waals surface area (Å²) in [4.78, 5) is 23.4. The smallest absolute Gasteiger partial charge is 0.307 e. The van der Waals surface area contributed by atoms with Crippen molar-refractivity contribution < 1.29 is 19.1 Å². The summed E-state index contributed by atoms with van der Waals surface area (Å²) in [6.45, 7) is 1.69. The van der Waals surface area contributed by atoms with E-state index in [1.165, 1.54) is 18.2 Å². The molecule has 106 valence electrons. The molecule has 0 fully saturated rings. The number of halogens is 1. The molecule has 0 saturated carbocycles. The van der Waals surface area contributed by atoms with Crippen molar-refractivity contribution in [3.8, 4) is 0 Å². The van der Waals surface area contributed by atoms with Gasteiger partial charge < -0.3 is 10.4 Å². The minimum Gasteiger partial charge on any atom is -0.481 e. The summed E-state index contributed by atoms with van der Waals surface area (Å²) < 4.78 is 13.0. The molecule has 0 spiro atoms. The van der Waals surface area contributed by atoms with Crippen LogP contribution in [0.25, 0.3) is 0 Å². The molecule has 1 aromatic rings. The van der Waals surface area contributed by atoms with E-state index in [1.807, 2.05) is 6.08 Å². The highest BCUT2D eigenvalue weighted by molar-refractivity contribution is 5.96. The van der Waals surface area contributed by atoms with Crippen LogP contribution in [0.2, 0.25) is 0 Å². The van der Waals surface area contributed by atoms with E-state index < -0.39 is 17.8 Å². The lowest BCUT2D eigenvalue weighted by Crippen LogP contribution is -2.34. The first-order valence-electron chi connectivity index (χ1n) is 6.44. The van der Waals surface area contributed by atoms with Crippen molar-refractivity contribution in [1.29, 1.82) is 0 Å². The maximum Gasteiger partial charge on any atom is 0.307 e. The molecular formula is C15H16FNO3. The summed E-state index contributed by atoms with van der Waals surface area (Å²) in [6.07, 6.45) is 4.37. The first-order chi connectivity index (χ1) is 9.49. The molecule has 1 aliphatic rings. The molecule has 0 unspecified atom stereocenters. The molecule has 4 nitrogen and oxygen atoms in total. The van der Waals surface area contributed by atoms with Crippen molar-refractivity contribution >= 4 is 17.6 Å². The number of anilines is 1. The van der Waals surface area contributed by atoms with Crippen LogP contribution in [0.5, 0.6) is 0 Å². The van der Waals surface area contributed by atoms with E-state index in [2.05, 4.69) is 5.32 Å². The molecule has 2 rings (SSSR count). The summed E-state index contributed by atoms with van der Waals surface area (Å²) in [7, 11) is 0. The lowest BCUT2D eigenvalue weighted by molar-refractivity contribution is -0.146. The summed E-state index contributed by atoms with van der Waals surface area (Å²) in [5.74, 6) is -2.98. The Balaban J connectivity index is 2.14. The Labute approximate surface area is 116 Å². The molecule has 2 N–H and O–H groups in total. The number of amides is 1. The summed E-state index contributed by atoms with van der Waals surface area (Å²) in [5.41, 5.74) is 1.12. The fourth-order valence-corrected chi connectivity index (χ4v) is 2.37. The molecule has 1 amide bonds. The van der Waals surface area contributed by atoms with E-state index in [1.54, 1.807) is 13.0 Å². The zero-order valence-corrected chi connectivity index (χ0v) is 11.1. The molecule has 0 aliphatic heterocycles. The van der Waals surface area contributed by atoms with Crippen LogP contribution in [-0.4, -0.2) is 17.0 Å². The standard InChI is InChI=1S/C15H16FNO3/c1-9-8-10(16)6-7-13(9)17-14(18)11-4-2-3-5-12(11)15(19)20/h2-3,6-8,11-12H,4-5H2,1H3,(H,17,18)(H,19,20)/t11-,12+/m0/s1. The van der Waals surface area contributed by atoms with E-state index in [9.17, 15) is 14.0 Å². The number of aliphatic carboxylic acids is 1. The van der Waals surface area contributed by atoms with Crippen LogP contribution in [0.4, 0.5) is 10.1 Å². The second-order valence-electron chi connectivity index (χ2n) is 4.94. The van der Waals surface area contributed by atoms with Crippen LogP contribution in [0.3, 0.4) is 0 Å².